The SMILES string of the molecule is CCC(C)(C)C(=O)NC(=O)Nc1ccc(Oc2ccnc(-c3cnn(C)c3)c2)c(C)n1.[HH].[HH]. The van der Waals surface area contributed by atoms with Crippen LogP contribution in [0.15, 0.2) is 42.9 Å². The molecule has 3 rings (SSSR count). The Labute approximate surface area is 183 Å². The number of carbonyl (C=O) groups excluding carboxylic acids is 2. The van der Waals surface area contributed by atoms with Gasteiger partial charge >= 0.3 is 6.03 Å². The molecular weight excluding hydrogens is 396 g/mol. The van der Waals surface area contributed by atoms with Gasteiger partial charge in [0.05, 0.1) is 17.6 Å². The van der Waals surface area contributed by atoms with Crippen LogP contribution in [0.4, 0.5) is 10.6 Å². The van der Waals surface area contributed by atoms with Gasteiger partial charge in [-0.25, -0.2) is 9.78 Å². The fourth-order valence-electron chi connectivity index (χ4n) is 2.62. The first-order chi connectivity index (χ1) is 14.7. The molecule has 2 N–H and O–H groups in total. The van der Waals surface area contributed by atoms with Gasteiger partial charge in [-0.1, -0.05) is 20.8 Å². The van der Waals surface area contributed by atoms with E-state index in [4.69, 9.17) is 4.74 Å². The van der Waals surface area contributed by atoms with E-state index in [2.05, 4.69) is 25.7 Å². The van der Waals surface area contributed by atoms with Gasteiger partial charge in [0.1, 0.15) is 17.3 Å². The van der Waals surface area contributed by atoms with Crippen molar-refractivity contribution in [3.8, 4) is 22.8 Å². The molecule has 3 heterocycles. The number of anilines is 1. The summed E-state index contributed by atoms with van der Waals surface area (Å²) in [5, 5.41) is 9.08. The summed E-state index contributed by atoms with van der Waals surface area (Å²) in [6, 6.07) is 6.26. The fraction of sp³-hybridized carbons (Fsp3) is 0.318. The highest BCUT2D eigenvalue weighted by Crippen LogP contribution is 2.28. The van der Waals surface area contributed by atoms with E-state index in [0.29, 0.717) is 29.4 Å². The molecule has 0 aliphatic carbocycles. The van der Waals surface area contributed by atoms with Crippen molar-refractivity contribution in [1.82, 2.24) is 25.1 Å². The lowest BCUT2D eigenvalue weighted by Gasteiger charge is -2.20. The minimum atomic E-state index is -0.627. The number of nitrogens with zero attached hydrogens (tertiary/aromatic N) is 4. The van der Waals surface area contributed by atoms with Crippen LogP contribution in [0, 0.1) is 12.3 Å². The van der Waals surface area contributed by atoms with Crippen molar-refractivity contribution < 1.29 is 17.2 Å². The van der Waals surface area contributed by atoms with Gasteiger partial charge in [0.2, 0.25) is 5.91 Å². The predicted octanol–water partition coefficient (Wildman–Crippen LogP) is 4.55. The van der Waals surface area contributed by atoms with Crippen LogP contribution < -0.4 is 15.4 Å². The van der Waals surface area contributed by atoms with Crippen molar-refractivity contribution in [3.05, 3.63) is 48.5 Å². The predicted molar refractivity (Wildman–Crippen MR) is 121 cm³/mol. The van der Waals surface area contributed by atoms with Crippen molar-refractivity contribution in [2.24, 2.45) is 12.5 Å². The number of aryl methyl sites for hydroxylation is 2. The van der Waals surface area contributed by atoms with Gasteiger partial charge < -0.3 is 4.74 Å². The van der Waals surface area contributed by atoms with Gasteiger partial charge in [-0.2, -0.15) is 5.10 Å². The van der Waals surface area contributed by atoms with Crippen LogP contribution in [0.3, 0.4) is 0 Å². The number of pyridine rings is 2. The van der Waals surface area contributed by atoms with Gasteiger partial charge in [0.15, 0.2) is 0 Å². The van der Waals surface area contributed by atoms with Crippen LogP contribution in [0.5, 0.6) is 11.5 Å². The zero-order valence-electron chi connectivity index (χ0n) is 18.3. The third-order valence-corrected chi connectivity index (χ3v) is 4.96. The number of hydrogen-bond acceptors (Lipinski definition) is 6. The number of carbonyl (C=O) groups is 2. The number of imide groups is 1. The minimum Gasteiger partial charge on any atom is -0.455 e. The molecule has 31 heavy (non-hydrogen) atoms. The minimum absolute atomic E-state index is 0. The van der Waals surface area contributed by atoms with Crippen molar-refractivity contribution in [2.45, 2.75) is 34.1 Å². The van der Waals surface area contributed by atoms with E-state index in [1.165, 1.54) is 0 Å². The lowest BCUT2D eigenvalue weighted by atomic mass is 9.89. The Balaban J connectivity index is 0.00000272. The van der Waals surface area contributed by atoms with Gasteiger partial charge in [-0.05, 0) is 31.5 Å². The van der Waals surface area contributed by atoms with Gasteiger partial charge in [0.25, 0.3) is 0 Å². The Morgan fingerprint density at radius 3 is 2.68 bits per heavy atom. The lowest BCUT2D eigenvalue weighted by molar-refractivity contribution is -0.128. The molecule has 0 atom stereocenters. The van der Waals surface area contributed by atoms with Crippen LogP contribution in [-0.2, 0) is 11.8 Å². The fourth-order valence-corrected chi connectivity index (χ4v) is 2.62. The highest BCUT2D eigenvalue weighted by Gasteiger charge is 2.26. The molecule has 0 aromatic carbocycles. The van der Waals surface area contributed by atoms with Crippen LogP contribution in [-0.4, -0.2) is 31.7 Å². The zero-order chi connectivity index (χ0) is 22.6. The molecule has 0 aliphatic heterocycles. The molecule has 9 nitrogen and oxygen atoms in total. The first kappa shape index (κ1) is 21.9. The summed E-state index contributed by atoms with van der Waals surface area (Å²) in [4.78, 5) is 32.9. The quantitative estimate of drug-likeness (QED) is 0.598. The van der Waals surface area contributed by atoms with Crippen molar-refractivity contribution in [3.63, 3.8) is 0 Å². The molecule has 0 radical (unpaired) electrons. The van der Waals surface area contributed by atoms with E-state index >= 15 is 0 Å². The molecular formula is C22H30N6O3. The maximum atomic E-state index is 12.1. The number of ether oxygens (including phenoxy) is 1. The highest BCUT2D eigenvalue weighted by molar-refractivity contribution is 6.02. The first-order valence-electron chi connectivity index (χ1n) is 9.91. The van der Waals surface area contributed by atoms with E-state index in [0.717, 1.165) is 11.3 Å². The Morgan fingerprint density at radius 2 is 2.03 bits per heavy atom. The van der Waals surface area contributed by atoms with Crippen LogP contribution in [0.2, 0.25) is 0 Å². The summed E-state index contributed by atoms with van der Waals surface area (Å²) in [7, 11) is 1.84. The summed E-state index contributed by atoms with van der Waals surface area (Å²) < 4.78 is 7.66. The maximum absolute atomic E-state index is 12.1. The van der Waals surface area contributed by atoms with Gasteiger partial charge in [-0.15, -0.1) is 0 Å². The topological polar surface area (TPSA) is 111 Å². The smallest absolute Gasteiger partial charge is 0.327 e. The largest absolute Gasteiger partial charge is 0.455 e. The summed E-state index contributed by atoms with van der Waals surface area (Å²) in [5.74, 6) is 1.11. The Bertz CT molecular complexity index is 1120. The third kappa shape index (κ3) is 5.44. The van der Waals surface area contributed by atoms with Crippen molar-refractivity contribution in [2.75, 3.05) is 5.32 Å². The molecule has 3 aromatic heterocycles. The summed E-state index contributed by atoms with van der Waals surface area (Å²) in [6.07, 6.45) is 5.89. The second-order valence-corrected chi connectivity index (χ2v) is 7.81. The maximum Gasteiger partial charge on any atom is 0.327 e. The zero-order valence-corrected chi connectivity index (χ0v) is 18.3. The van der Waals surface area contributed by atoms with Crippen molar-refractivity contribution in [1.29, 1.82) is 0 Å². The molecule has 3 aromatic rings. The van der Waals surface area contributed by atoms with Crippen LogP contribution in [0.1, 0.15) is 35.7 Å². The Morgan fingerprint density at radius 1 is 1.26 bits per heavy atom. The van der Waals surface area contributed by atoms with Crippen molar-refractivity contribution >= 4 is 17.8 Å². The van der Waals surface area contributed by atoms with E-state index in [1.54, 1.807) is 56.0 Å². The number of rotatable bonds is 6. The van der Waals surface area contributed by atoms with Gasteiger partial charge in [0, 0.05) is 39.3 Å². The number of urea groups is 1. The number of aromatic nitrogens is 4. The lowest BCUT2D eigenvalue weighted by Crippen LogP contribution is -2.42. The second-order valence-electron chi connectivity index (χ2n) is 7.81. The van der Waals surface area contributed by atoms with E-state index < -0.39 is 11.4 Å². The molecule has 0 saturated carbocycles. The standard InChI is InChI=1S/C22H26N6O3.2H2/c1-6-22(3,4)20(29)27-21(30)26-19-8-7-18(14(2)25-19)31-16-9-10-23-17(11-16)15-12-24-28(5)13-15;;/h7-13H,6H2,1-5H3,(H2,25,26,27,29,30);2*1H. The number of nitrogens with one attached hydrogen (secondary N) is 2. The molecule has 166 valence electrons. The number of hydrogen-bond donors (Lipinski definition) is 2. The summed E-state index contributed by atoms with van der Waals surface area (Å²) in [6.45, 7) is 7.22. The van der Waals surface area contributed by atoms with E-state index in [1.807, 2.05) is 26.2 Å². The molecule has 3 amide bonds. The highest BCUT2D eigenvalue weighted by atomic mass is 16.5. The number of amides is 3. The summed E-state index contributed by atoms with van der Waals surface area (Å²) >= 11 is 0. The van der Waals surface area contributed by atoms with Gasteiger partial charge in [-0.3, -0.25) is 25.1 Å². The molecule has 0 aliphatic rings. The molecule has 9 heteroatoms. The molecule has 0 bridgehead atoms. The van der Waals surface area contributed by atoms with E-state index in [-0.39, 0.29) is 8.76 Å². The monoisotopic (exact) mass is 426 g/mol. The first-order valence-corrected chi connectivity index (χ1v) is 9.91. The molecule has 0 unspecified atom stereocenters. The summed E-state index contributed by atoms with van der Waals surface area (Å²) in [5.41, 5.74) is 1.58. The average molecular weight is 427 g/mol. The average Bonchev–Trinajstić information content (AvgIpc) is 3.16. The molecule has 0 saturated heterocycles. The Hall–Kier alpha value is -3.75. The normalized spacial score (nSPS) is 11.1. The van der Waals surface area contributed by atoms with E-state index in [9.17, 15) is 9.59 Å². The third-order valence-electron chi connectivity index (χ3n) is 4.96. The van der Waals surface area contributed by atoms with Crippen LogP contribution >= 0.6 is 0 Å². The Kier molecular flexibility index (Phi) is 6.33. The molecule has 0 fully saturated rings. The van der Waals surface area contributed by atoms with Crippen LogP contribution in [0.25, 0.3) is 11.3 Å². The second kappa shape index (κ2) is 8.95. The molecule has 0 spiro atoms.